The summed E-state index contributed by atoms with van der Waals surface area (Å²) in [7, 11) is 2.02. The molecule has 1 aromatic heterocycles. The minimum Gasteiger partial charge on any atom is -0.486 e. The molecule has 1 saturated heterocycles. The van der Waals surface area contributed by atoms with Gasteiger partial charge in [-0.05, 0) is 43.0 Å². The second kappa shape index (κ2) is 11.3. The Morgan fingerprint density at radius 2 is 1.86 bits per heavy atom. The number of pyridine rings is 1. The number of hydrogen-bond donors (Lipinski definition) is 0. The fraction of sp³-hybridized carbons (Fsp3) is 0.571. The lowest BCUT2D eigenvalue weighted by Crippen LogP contribution is -2.53. The predicted octanol–water partition coefficient (Wildman–Crippen LogP) is 3.62. The van der Waals surface area contributed by atoms with E-state index in [1.54, 1.807) is 0 Å². The van der Waals surface area contributed by atoms with E-state index in [1.807, 2.05) is 42.5 Å². The van der Waals surface area contributed by atoms with E-state index in [0.29, 0.717) is 19.1 Å². The lowest BCUT2D eigenvalue weighted by Gasteiger charge is -2.40. The number of para-hydroxylation sites is 1. The minimum absolute atomic E-state index is 0.140. The molecule has 1 amide bonds. The van der Waals surface area contributed by atoms with E-state index in [1.165, 1.54) is 24.8 Å². The Morgan fingerprint density at radius 1 is 1.06 bits per heavy atom. The van der Waals surface area contributed by atoms with Crippen molar-refractivity contribution < 1.29 is 14.3 Å². The lowest BCUT2D eigenvalue weighted by molar-refractivity contribution is -0.137. The van der Waals surface area contributed by atoms with Gasteiger partial charge in [-0.25, -0.2) is 0 Å². The van der Waals surface area contributed by atoms with Crippen molar-refractivity contribution in [3.8, 4) is 11.5 Å². The first-order valence-electron chi connectivity index (χ1n) is 13.2. The van der Waals surface area contributed by atoms with E-state index in [9.17, 15) is 4.79 Å². The third-order valence-electron chi connectivity index (χ3n) is 7.77. The number of benzene rings is 1. The molecule has 0 radical (unpaired) electrons. The highest BCUT2D eigenvalue weighted by molar-refractivity contribution is 5.79. The quantitative estimate of drug-likeness (QED) is 0.606. The Labute approximate surface area is 209 Å². The summed E-state index contributed by atoms with van der Waals surface area (Å²) in [6.45, 7) is 5.86. The monoisotopic (exact) mass is 478 g/mol. The normalized spacial score (nSPS) is 19.9. The van der Waals surface area contributed by atoms with E-state index in [0.717, 1.165) is 69.2 Å². The number of rotatable bonds is 7. The van der Waals surface area contributed by atoms with E-state index >= 15 is 0 Å². The second-order valence-electron chi connectivity index (χ2n) is 10.1. The number of amides is 1. The maximum absolute atomic E-state index is 13.4. The highest BCUT2D eigenvalue weighted by Crippen LogP contribution is 2.39. The molecule has 1 aromatic carbocycles. The summed E-state index contributed by atoms with van der Waals surface area (Å²) in [5.74, 6) is 2.23. The topological polar surface area (TPSA) is 58.1 Å². The number of carbonyl (C=O) groups excluding carboxylic acids is 1. The average molecular weight is 479 g/mol. The molecule has 5 rings (SSSR count). The number of carbonyl (C=O) groups is 1. The molecule has 7 nitrogen and oxygen atoms in total. The van der Waals surface area contributed by atoms with Crippen molar-refractivity contribution in [2.75, 3.05) is 57.9 Å². The number of nitrogens with zero attached hydrogens (tertiary/aromatic N) is 4. The van der Waals surface area contributed by atoms with E-state index in [4.69, 9.17) is 9.47 Å². The van der Waals surface area contributed by atoms with Crippen LogP contribution >= 0.6 is 0 Å². The van der Waals surface area contributed by atoms with Crippen molar-refractivity contribution >= 4 is 11.6 Å². The second-order valence-corrected chi connectivity index (χ2v) is 10.1. The van der Waals surface area contributed by atoms with Gasteiger partial charge in [-0.3, -0.25) is 14.7 Å². The Balaban J connectivity index is 1.24. The van der Waals surface area contributed by atoms with Crippen LogP contribution < -0.4 is 14.4 Å². The number of ether oxygens (including phenoxy) is 2. The maximum Gasteiger partial charge on any atom is 0.225 e. The van der Waals surface area contributed by atoms with Crippen molar-refractivity contribution in [2.45, 2.75) is 44.6 Å². The number of piperazine rings is 1. The molecule has 1 saturated carbocycles. The summed E-state index contributed by atoms with van der Waals surface area (Å²) in [5.41, 5.74) is 2.31. The van der Waals surface area contributed by atoms with Gasteiger partial charge in [0.2, 0.25) is 5.91 Å². The van der Waals surface area contributed by atoms with Crippen molar-refractivity contribution in [1.29, 1.82) is 0 Å². The van der Waals surface area contributed by atoms with E-state index in [2.05, 4.69) is 26.9 Å². The molecule has 2 aliphatic heterocycles. The first-order valence-corrected chi connectivity index (χ1v) is 13.2. The Kier molecular flexibility index (Phi) is 7.72. The largest absolute Gasteiger partial charge is 0.486 e. The van der Waals surface area contributed by atoms with Gasteiger partial charge in [0.1, 0.15) is 13.2 Å². The molecule has 1 unspecified atom stereocenters. The SMILES string of the molecule is CN(C(=O)C1CCCCC1)C(Cc1cccnc1)CN1CCN(c2cccc3c2OCCO3)CC1. The zero-order valence-electron chi connectivity index (χ0n) is 20.9. The van der Waals surface area contributed by atoms with E-state index < -0.39 is 0 Å². The van der Waals surface area contributed by atoms with E-state index in [-0.39, 0.29) is 12.0 Å². The van der Waals surface area contributed by atoms with Crippen molar-refractivity contribution in [2.24, 2.45) is 5.92 Å². The van der Waals surface area contributed by atoms with Crippen LogP contribution in [-0.2, 0) is 11.2 Å². The molecule has 3 heterocycles. The third kappa shape index (κ3) is 5.72. The zero-order chi connectivity index (χ0) is 24.0. The predicted molar refractivity (Wildman–Crippen MR) is 137 cm³/mol. The summed E-state index contributed by atoms with van der Waals surface area (Å²) >= 11 is 0. The van der Waals surface area contributed by atoms with Crippen LogP contribution in [0.4, 0.5) is 5.69 Å². The van der Waals surface area contributed by atoms with Gasteiger partial charge in [0.25, 0.3) is 0 Å². The highest BCUT2D eigenvalue weighted by atomic mass is 16.6. The lowest BCUT2D eigenvalue weighted by atomic mass is 9.88. The summed E-state index contributed by atoms with van der Waals surface area (Å²) < 4.78 is 11.7. The van der Waals surface area contributed by atoms with Gasteiger partial charge in [0.15, 0.2) is 11.5 Å². The molecule has 188 valence electrons. The van der Waals surface area contributed by atoms with Gasteiger partial charge in [0.05, 0.1) is 5.69 Å². The van der Waals surface area contributed by atoms with Crippen LogP contribution in [0.15, 0.2) is 42.7 Å². The Hall–Kier alpha value is -2.80. The van der Waals surface area contributed by atoms with Crippen LogP contribution in [0, 0.1) is 5.92 Å². The summed E-state index contributed by atoms with van der Waals surface area (Å²) in [5, 5.41) is 0. The Morgan fingerprint density at radius 3 is 2.63 bits per heavy atom. The minimum atomic E-state index is 0.140. The van der Waals surface area contributed by atoms with Crippen molar-refractivity contribution in [3.63, 3.8) is 0 Å². The molecule has 2 fully saturated rings. The third-order valence-corrected chi connectivity index (χ3v) is 7.77. The van der Waals surface area contributed by atoms with Crippen LogP contribution in [-0.4, -0.2) is 79.7 Å². The smallest absolute Gasteiger partial charge is 0.225 e. The molecule has 0 bridgehead atoms. The van der Waals surface area contributed by atoms with Gasteiger partial charge in [0, 0.05) is 64.1 Å². The Bertz CT molecular complexity index is 971. The summed E-state index contributed by atoms with van der Waals surface area (Å²) in [6, 6.07) is 10.4. The van der Waals surface area contributed by atoms with Crippen LogP contribution in [0.3, 0.4) is 0 Å². The number of anilines is 1. The molecule has 1 aliphatic carbocycles. The molecular weight excluding hydrogens is 440 g/mol. The van der Waals surface area contributed by atoms with Crippen molar-refractivity contribution in [1.82, 2.24) is 14.8 Å². The van der Waals surface area contributed by atoms with Crippen molar-refractivity contribution in [3.05, 3.63) is 48.3 Å². The standard InChI is InChI=1S/C28H38N4O3/c1-30(28(33)23-8-3-2-4-9-23)24(19-22-7-6-12-29-20-22)21-31-13-15-32(16-14-31)25-10-5-11-26-27(25)35-18-17-34-26/h5-7,10-12,20,23-24H,2-4,8-9,13-19,21H2,1H3. The molecule has 0 spiro atoms. The fourth-order valence-electron chi connectivity index (χ4n) is 5.71. The molecule has 7 heteroatoms. The van der Waals surface area contributed by atoms with Gasteiger partial charge >= 0.3 is 0 Å². The summed E-state index contributed by atoms with van der Waals surface area (Å²) in [4.78, 5) is 24.7. The molecule has 0 N–H and O–H groups in total. The molecular formula is C28H38N4O3. The van der Waals surface area contributed by atoms with Crippen LogP contribution in [0.1, 0.15) is 37.7 Å². The van der Waals surface area contributed by atoms with Crippen LogP contribution in [0.2, 0.25) is 0 Å². The molecule has 2 aromatic rings. The van der Waals surface area contributed by atoms with Gasteiger partial charge in [-0.15, -0.1) is 0 Å². The molecule has 35 heavy (non-hydrogen) atoms. The van der Waals surface area contributed by atoms with Crippen LogP contribution in [0.25, 0.3) is 0 Å². The average Bonchev–Trinajstić information content (AvgIpc) is 2.93. The zero-order valence-corrected chi connectivity index (χ0v) is 20.9. The molecule has 3 aliphatic rings. The van der Waals surface area contributed by atoms with Gasteiger partial charge < -0.3 is 19.3 Å². The van der Waals surface area contributed by atoms with Gasteiger partial charge in [-0.1, -0.05) is 31.4 Å². The fourth-order valence-corrected chi connectivity index (χ4v) is 5.71. The first-order chi connectivity index (χ1) is 17.2. The number of hydrogen-bond acceptors (Lipinski definition) is 6. The highest BCUT2D eigenvalue weighted by Gasteiger charge is 2.31. The summed E-state index contributed by atoms with van der Waals surface area (Å²) in [6.07, 6.45) is 10.3. The maximum atomic E-state index is 13.4. The number of aromatic nitrogens is 1. The molecule has 1 atom stereocenters. The number of fused-ring (bicyclic) bond motifs is 1. The first kappa shape index (κ1) is 23.9. The van der Waals surface area contributed by atoms with Gasteiger partial charge in [-0.2, -0.15) is 0 Å². The van der Waals surface area contributed by atoms with Crippen LogP contribution in [0.5, 0.6) is 11.5 Å². The number of likely N-dealkylation sites (N-methyl/N-ethyl adjacent to an activating group) is 1.